The van der Waals surface area contributed by atoms with Gasteiger partial charge in [0.25, 0.3) is 5.91 Å². The van der Waals surface area contributed by atoms with Gasteiger partial charge in [-0.15, -0.1) is 0 Å². The van der Waals surface area contributed by atoms with E-state index in [2.05, 4.69) is 16.0 Å². The zero-order valence-electron chi connectivity index (χ0n) is 12.1. The second kappa shape index (κ2) is 7.75. The molecule has 21 heavy (non-hydrogen) atoms. The first-order valence-electron chi connectivity index (χ1n) is 7.18. The van der Waals surface area contributed by atoms with Crippen molar-refractivity contribution in [3.05, 3.63) is 29.8 Å². The Bertz CT molecular complexity index is 481. The van der Waals surface area contributed by atoms with Crippen LogP contribution in [0.2, 0.25) is 0 Å². The second-order valence-corrected chi connectivity index (χ2v) is 4.88. The Morgan fingerprint density at radius 1 is 1.33 bits per heavy atom. The fourth-order valence-corrected chi connectivity index (χ4v) is 2.11. The first-order chi connectivity index (χ1) is 10.2. The van der Waals surface area contributed by atoms with Gasteiger partial charge in [-0.3, -0.25) is 9.59 Å². The standard InChI is InChI=1S/C15H21N3O3/c1-2-17-14(19)9-11-3-5-12(6-4-11)18-15(20)13-10-16-7-8-21-13/h3-6,13,16H,2,7-10H2,1H3,(H,17,19)(H,18,20). The van der Waals surface area contributed by atoms with Gasteiger partial charge in [0.15, 0.2) is 0 Å². The van der Waals surface area contributed by atoms with E-state index in [0.29, 0.717) is 31.8 Å². The van der Waals surface area contributed by atoms with Crippen LogP contribution in [0.1, 0.15) is 12.5 Å². The minimum absolute atomic E-state index is 0.00374. The number of benzene rings is 1. The van der Waals surface area contributed by atoms with Crippen LogP contribution in [0.5, 0.6) is 0 Å². The topological polar surface area (TPSA) is 79.5 Å². The summed E-state index contributed by atoms with van der Waals surface area (Å²) in [6.45, 7) is 4.37. The molecule has 0 aliphatic carbocycles. The van der Waals surface area contributed by atoms with Gasteiger partial charge in [0.1, 0.15) is 6.10 Å². The van der Waals surface area contributed by atoms with E-state index >= 15 is 0 Å². The molecule has 1 atom stereocenters. The van der Waals surface area contributed by atoms with E-state index in [4.69, 9.17) is 4.74 Å². The Labute approximate surface area is 124 Å². The molecule has 114 valence electrons. The summed E-state index contributed by atoms with van der Waals surface area (Å²) in [5.74, 6) is -0.158. The van der Waals surface area contributed by atoms with Crippen LogP contribution < -0.4 is 16.0 Å². The third kappa shape index (κ3) is 4.84. The van der Waals surface area contributed by atoms with Crippen molar-refractivity contribution in [1.29, 1.82) is 0 Å². The average Bonchev–Trinajstić information content (AvgIpc) is 2.50. The van der Waals surface area contributed by atoms with Gasteiger partial charge in [-0.25, -0.2) is 0 Å². The molecule has 6 nitrogen and oxygen atoms in total. The van der Waals surface area contributed by atoms with Gasteiger partial charge >= 0.3 is 0 Å². The first-order valence-corrected chi connectivity index (χ1v) is 7.18. The molecule has 2 rings (SSSR count). The summed E-state index contributed by atoms with van der Waals surface area (Å²) < 4.78 is 5.39. The average molecular weight is 291 g/mol. The van der Waals surface area contributed by atoms with E-state index < -0.39 is 6.10 Å². The Hall–Kier alpha value is -1.92. The number of hydrogen-bond donors (Lipinski definition) is 3. The van der Waals surface area contributed by atoms with Crippen LogP contribution >= 0.6 is 0 Å². The maximum Gasteiger partial charge on any atom is 0.254 e. The monoisotopic (exact) mass is 291 g/mol. The van der Waals surface area contributed by atoms with E-state index in [9.17, 15) is 9.59 Å². The minimum Gasteiger partial charge on any atom is -0.366 e. The lowest BCUT2D eigenvalue weighted by molar-refractivity contribution is -0.128. The van der Waals surface area contributed by atoms with Crippen molar-refractivity contribution in [2.24, 2.45) is 0 Å². The maximum atomic E-state index is 12.0. The van der Waals surface area contributed by atoms with Crippen molar-refractivity contribution >= 4 is 17.5 Å². The molecular formula is C15H21N3O3. The molecule has 0 aromatic heterocycles. The van der Waals surface area contributed by atoms with E-state index in [-0.39, 0.29) is 11.8 Å². The van der Waals surface area contributed by atoms with Crippen LogP contribution in [0.3, 0.4) is 0 Å². The molecule has 1 aromatic rings. The van der Waals surface area contributed by atoms with Crippen LogP contribution in [0, 0.1) is 0 Å². The molecule has 1 aliphatic rings. The number of amides is 2. The van der Waals surface area contributed by atoms with Crippen molar-refractivity contribution in [2.75, 3.05) is 31.6 Å². The lowest BCUT2D eigenvalue weighted by Gasteiger charge is -2.22. The summed E-state index contributed by atoms with van der Waals surface area (Å²) in [6, 6.07) is 7.26. The molecule has 0 bridgehead atoms. The van der Waals surface area contributed by atoms with Gasteiger partial charge in [-0.05, 0) is 24.6 Å². The Kier molecular flexibility index (Phi) is 5.71. The number of rotatable bonds is 5. The van der Waals surface area contributed by atoms with E-state index in [1.54, 1.807) is 12.1 Å². The molecule has 0 saturated carbocycles. The SMILES string of the molecule is CCNC(=O)Cc1ccc(NC(=O)C2CNCCO2)cc1. The zero-order chi connectivity index (χ0) is 15.1. The largest absolute Gasteiger partial charge is 0.366 e. The molecule has 3 N–H and O–H groups in total. The van der Waals surface area contributed by atoms with E-state index in [0.717, 1.165) is 12.1 Å². The van der Waals surface area contributed by atoms with Crippen molar-refractivity contribution < 1.29 is 14.3 Å². The number of morpholine rings is 1. The Morgan fingerprint density at radius 3 is 2.71 bits per heavy atom. The number of hydrogen-bond acceptors (Lipinski definition) is 4. The lowest BCUT2D eigenvalue weighted by atomic mass is 10.1. The smallest absolute Gasteiger partial charge is 0.254 e. The highest BCUT2D eigenvalue weighted by atomic mass is 16.5. The molecular weight excluding hydrogens is 270 g/mol. The van der Waals surface area contributed by atoms with Crippen molar-refractivity contribution in [1.82, 2.24) is 10.6 Å². The van der Waals surface area contributed by atoms with Gasteiger partial charge in [-0.2, -0.15) is 0 Å². The van der Waals surface area contributed by atoms with Crippen molar-refractivity contribution in [2.45, 2.75) is 19.4 Å². The Morgan fingerprint density at radius 2 is 2.10 bits per heavy atom. The summed E-state index contributed by atoms with van der Waals surface area (Å²) >= 11 is 0. The summed E-state index contributed by atoms with van der Waals surface area (Å²) in [5.41, 5.74) is 1.61. The molecule has 1 heterocycles. The third-order valence-electron chi connectivity index (χ3n) is 3.18. The minimum atomic E-state index is -0.450. The number of ether oxygens (including phenoxy) is 1. The van der Waals surface area contributed by atoms with Crippen LogP contribution in [0.25, 0.3) is 0 Å². The van der Waals surface area contributed by atoms with Gasteiger partial charge in [-0.1, -0.05) is 12.1 Å². The van der Waals surface area contributed by atoms with Gasteiger partial charge < -0.3 is 20.7 Å². The quantitative estimate of drug-likeness (QED) is 0.728. The highest BCUT2D eigenvalue weighted by Gasteiger charge is 2.21. The van der Waals surface area contributed by atoms with Crippen LogP contribution in [-0.4, -0.2) is 44.2 Å². The third-order valence-corrected chi connectivity index (χ3v) is 3.18. The number of likely N-dealkylation sites (N-methyl/N-ethyl adjacent to an activating group) is 1. The van der Waals surface area contributed by atoms with E-state index in [1.165, 1.54) is 0 Å². The first kappa shape index (κ1) is 15.5. The normalized spacial score (nSPS) is 18.0. The molecule has 1 unspecified atom stereocenters. The van der Waals surface area contributed by atoms with Crippen LogP contribution in [0.15, 0.2) is 24.3 Å². The summed E-state index contributed by atoms with van der Waals surface area (Å²) in [7, 11) is 0. The van der Waals surface area contributed by atoms with Crippen molar-refractivity contribution in [3.8, 4) is 0 Å². The molecule has 1 aromatic carbocycles. The predicted molar refractivity (Wildman–Crippen MR) is 80.1 cm³/mol. The zero-order valence-corrected chi connectivity index (χ0v) is 12.1. The summed E-state index contributed by atoms with van der Waals surface area (Å²) in [5, 5.41) is 8.68. The lowest BCUT2D eigenvalue weighted by Crippen LogP contribution is -2.45. The Balaban J connectivity index is 1.86. The molecule has 1 aliphatic heterocycles. The molecule has 0 radical (unpaired) electrons. The number of carbonyl (C=O) groups is 2. The fourth-order valence-electron chi connectivity index (χ4n) is 2.11. The molecule has 1 fully saturated rings. The van der Waals surface area contributed by atoms with Gasteiger partial charge in [0, 0.05) is 25.3 Å². The van der Waals surface area contributed by atoms with Gasteiger partial charge in [0.2, 0.25) is 5.91 Å². The van der Waals surface area contributed by atoms with Crippen molar-refractivity contribution in [3.63, 3.8) is 0 Å². The highest BCUT2D eigenvalue weighted by Crippen LogP contribution is 2.11. The predicted octanol–water partition coefficient (Wildman–Crippen LogP) is 0.292. The fraction of sp³-hybridized carbons (Fsp3) is 0.467. The van der Waals surface area contributed by atoms with Gasteiger partial charge in [0.05, 0.1) is 13.0 Å². The highest BCUT2D eigenvalue weighted by molar-refractivity contribution is 5.94. The number of carbonyl (C=O) groups excluding carboxylic acids is 2. The molecule has 0 spiro atoms. The van der Waals surface area contributed by atoms with Crippen LogP contribution in [-0.2, 0) is 20.7 Å². The van der Waals surface area contributed by atoms with E-state index in [1.807, 2.05) is 19.1 Å². The maximum absolute atomic E-state index is 12.0. The molecule has 6 heteroatoms. The summed E-state index contributed by atoms with van der Waals surface area (Å²) in [4.78, 5) is 23.5. The molecule has 2 amide bonds. The van der Waals surface area contributed by atoms with Crippen LogP contribution in [0.4, 0.5) is 5.69 Å². The molecule has 1 saturated heterocycles. The number of anilines is 1. The summed E-state index contributed by atoms with van der Waals surface area (Å²) in [6.07, 6.45) is -0.105. The second-order valence-electron chi connectivity index (χ2n) is 4.88. The number of nitrogens with one attached hydrogen (secondary N) is 3.